The average Bonchev–Trinajstić information content (AvgIpc) is 2.31. The molecule has 0 atom stereocenters. The van der Waals surface area contributed by atoms with Crippen LogP contribution in [0.25, 0.3) is 0 Å². The van der Waals surface area contributed by atoms with Crippen LogP contribution >= 0.6 is 15.9 Å². The van der Waals surface area contributed by atoms with E-state index in [1.807, 2.05) is 0 Å². The molecule has 4 nitrogen and oxygen atoms in total. The highest BCUT2D eigenvalue weighted by Crippen LogP contribution is 2.22. The Kier molecular flexibility index (Phi) is 5.42. The summed E-state index contributed by atoms with van der Waals surface area (Å²) in [6.07, 6.45) is 0. The molecule has 0 aliphatic rings. The highest BCUT2D eigenvalue weighted by atomic mass is 79.9. The largest absolute Gasteiger partial charge is 0.493 e. The molecule has 0 unspecified atom stereocenters. The highest BCUT2D eigenvalue weighted by molar-refractivity contribution is 9.10. The van der Waals surface area contributed by atoms with Gasteiger partial charge in [0.15, 0.2) is 9.84 Å². The molecule has 6 heteroatoms. The molecule has 0 saturated heterocycles. The quantitative estimate of drug-likeness (QED) is 0.866. The Morgan fingerprint density at radius 1 is 1.41 bits per heavy atom. The van der Waals surface area contributed by atoms with Crippen LogP contribution in [0.5, 0.6) is 5.75 Å². The maximum atomic E-state index is 11.2. The number of sulfone groups is 1. The minimum Gasteiger partial charge on any atom is -0.493 e. The summed E-state index contributed by atoms with van der Waals surface area (Å²) in [7, 11) is -3.00. The lowest BCUT2D eigenvalue weighted by atomic mass is 10.2. The molecular formula is C11H15BrO4S. The van der Waals surface area contributed by atoms with Gasteiger partial charge in [-0.1, -0.05) is 22.9 Å². The Bertz CT molecular complexity index is 470. The Hall–Kier alpha value is -0.590. The molecule has 1 aromatic rings. The van der Waals surface area contributed by atoms with E-state index < -0.39 is 9.84 Å². The lowest BCUT2D eigenvalue weighted by Gasteiger charge is -2.08. The van der Waals surface area contributed by atoms with Crippen LogP contribution in [0.2, 0.25) is 0 Å². The molecule has 96 valence electrons. The molecule has 0 amide bonds. The molecule has 0 bridgehead atoms. The molecule has 0 heterocycles. The highest BCUT2D eigenvalue weighted by Gasteiger charge is 2.08. The predicted octanol–water partition coefficient (Wildman–Crippen LogP) is 1.75. The van der Waals surface area contributed by atoms with E-state index in [2.05, 4.69) is 15.9 Å². The van der Waals surface area contributed by atoms with Gasteiger partial charge < -0.3 is 9.84 Å². The molecule has 1 rings (SSSR count). The van der Waals surface area contributed by atoms with Crippen molar-refractivity contribution in [2.45, 2.75) is 13.5 Å². The maximum absolute atomic E-state index is 11.2. The monoisotopic (exact) mass is 322 g/mol. The summed E-state index contributed by atoms with van der Waals surface area (Å²) < 4.78 is 28.6. The van der Waals surface area contributed by atoms with Crippen LogP contribution in [0.4, 0.5) is 0 Å². The zero-order valence-electron chi connectivity index (χ0n) is 9.52. The number of aliphatic hydroxyl groups excluding tert-OH is 1. The second-order valence-corrected chi connectivity index (χ2v) is 6.82. The molecule has 0 aromatic heterocycles. The molecule has 0 saturated carbocycles. The van der Waals surface area contributed by atoms with E-state index in [1.165, 1.54) is 0 Å². The van der Waals surface area contributed by atoms with Crippen molar-refractivity contribution >= 4 is 25.8 Å². The van der Waals surface area contributed by atoms with Crippen LogP contribution in [0.3, 0.4) is 0 Å². The molecule has 0 aliphatic carbocycles. The van der Waals surface area contributed by atoms with Gasteiger partial charge >= 0.3 is 0 Å². The maximum Gasteiger partial charge on any atom is 0.153 e. The lowest BCUT2D eigenvalue weighted by molar-refractivity contribution is 0.279. The van der Waals surface area contributed by atoms with Crippen LogP contribution in [-0.4, -0.2) is 31.6 Å². The molecular weight excluding hydrogens is 308 g/mol. The Labute approximate surface area is 110 Å². The van der Waals surface area contributed by atoms with Crippen molar-refractivity contribution in [3.63, 3.8) is 0 Å². The van der Waals surface area contributed by atoms with Crippen molar-refractivity contribution in [2.75, 3.05) is 18.1 Å². The first-order valence-corrected chi connectivity index (χ1v) is 7.82. The fraction of sp³-hybridized carbons (Fsp3) is 0.455. The first-order valence-electron chi connectivity index (χ1n) is 5.21. The number of ether oxygens (including phenoxy) is 1. The fourth-order valence-corrected chi connectivity index (χ4v) is 2.19. The minimum absolute atomic E-state index is 0.00796. The normalized spacial score (nSPS) is 11.5. The molecule has 0 spiro atoms. The van der Waals surface area contributed by atoms with Crippen molar-refractivity contribution in [3.8, 4) is 5.75 Å². The first-order chi connectivity index (χ1) is 7.98. The third-order valence-corrected chi connectivity index (χ3v) is 4.73. The van der Waals surface area contributed by atoms with E-state index in [-0.39, 0.29) is 24.7 Å². The van der Waals surface area contributed by atoms with Crippen molar-refractivity contribution < 1.29 is 18.3 Å². The van der Waals surface area contributed by atoms with Crippen LogP contribution < -0.4 is 4.74 Å². The summed E-state index contributed by atoms with van der Waals surface area (Å²) in [6.45, 7) is 1.65. The fourth-order valence-electron chi connectivity index (χ4n) is 1.19. The first kappa shape index (κ1) is 14.5. The van der Waals surface area contributed by atoms with Crippen molar-refractivity contribution in [1.29, 1.82) is 0 Å². The van der Waals surface area contributed by atoms with Crippen LogP contribution in [0.15, 0.2) is 22.7 Å². The second-order valence-electron chi connectivity index (χ2n) is 3.50. The molecule has 0 fully saturated rings. The number of hydrogen-bond acceptors (Lipinski definition) is 4. The van der Waals surface area contributed by atoms with Crippen molar-refractivity contribution in [2.24, 2.45) is 0 Å². The Morgan fingerprint density at radius 2 is 2.12 bits per heavy atom. The summed E-state index contributed by atoms with van der Waals surface area (Å²) in [4.78, 5) is 0. The molecule has 0 radical (unpaired) electrons. The van der Waals surface area contributed by atoms with Gasteiger partial charge in [-0.25, -0.2) is 8.42 Å². The van der Waals surface area contributed by atoms with Gasteiger partial charge in [0.1, 0.15) is 12.4 Å². The van der Waals surface area contributed by atoms with Gasteiger partial charge in [0.25, 0.3) is 0 Å². The van der Waals surface area contributed by atoms with Gasteiger partial charge in [0.2, 0.25) is 0 Å². The summed E-state index contributed by atoms with van der Waals surface area (Å²) in [5, 5.41) is 9.05. The van der Waals surface area contributed by atoms with Gasteiger partial charge in [-0.15, -0.1) is 0 Å². The van der Waals surface area contributed by atoms with E-state index in [4.69, 9.17) is 9.84 Å². The van der Waals surface area contributed by atoms with Gasteiger partial charge in [0, 0.05) is 10.2 Å². The number of aliphatic hydroxyl groups is 1. The number of rotatable bonds is 6. The van der Waals surface area contributed by atoms with E-state index in [0.717, 1.165) is 4.47 Å². The van der Waals surface area contributed by atoms with Gasteiger partial charge in [-0.3, -0.25) is 0 Å². The van der Waals surface area contributed by atoms with Crippen molar-refractivity contribution in [1.82, 2.24) is 0 Å². The number of hydrogen-bond donors (Lipinski definition) is 1. The second kappa shape index (κ2) is 6.37. The summed E-state index contributed by atoms with van der Waals surface area (Å²) in [5.41, 5.74) is 0.709. The standard InChI is InChI=1S/C11H15BrO4S/c1-2-17(14,15)6-5-16-10-3-4-11(12)9(7-10)8-13/h3-4,7,13H,2,5-6,8H2,1H3. The Balaban J connectivity index is 2.58. The smallest absolute Gasteiger partial charge is 0.153 e. The number of benzene rings is 1. The van der Waals surface area contributed by atoms with Crippen LogP contribution in [0.1, 0.15) is 12.5 Å². The molecule has 1 N–H and O–H groups in total. The zero-order chi connectivity index (χ0) is 12.9. The van der Waals surface area contributed by atoms with E-state index in [9.17, 15) is 8.42 Å². The van der Waals surface area contributed by atoms with E-state index in [1.54, 1.807) is 25.1 Å². The van der Waals surface area contributed by atoms with E-state index in [0.29, 0.717) is 11.3 Å². The molecule has 17 heavy (non-hydrogen) atoms. The lowest BCUT2D eigenvalue weighted by Crippen LogP contribution is -2.15. The third kappa shape index (κ3) is 4.65. The van der Waals surface area contributed by atoms with Gasteiger partial charge in [0.05, 0.1) is 12.4 Å². The predicted molar refractivity (Wildman–Crippen MR) is 69.9 cm³/mol. The zero-order valence-corrected chi connectivity index (χ0v) is 11.9. The summed E-state index contributed by atoms with van der Waals surface area (Å²) >= 11 is 3.29. The van der Waals surface area contributed by atoms with Gasteiger partial charge in [-0.2, -0.15) is 0 Å². The van der Waals surface area contributed by atoms with Gasteiger partial charge in [-0.05, 0) is 23.8 Å². The van der Waals surface area contributed by atoms with Crippen LogP contribution in [0, 0.1) is 0 Å². The summed E-state index contributed by atoms with van der Waals surface area (Å²) in [6, 6.07) is 5.17. The topological polar surface area (TPSA) is 63.6 Å². The SMILES string of the molecule is CCS(=O)(=O)CCOc1ccc(Br)c(CO)c1. The molecule has 1 aromatic carbocycles. The Morgan fingerprint density at radius 3 is 2.71 bits per heavy atom. The third-order valence-electron chi connectivity index (χ3n) is 2.29. The van der Waals surface area contributed by atoms with E-state index >= 15 is 0 Å². The molecule has 0 aliphatic heterocycles. The number of halogens is 1. The summed E-state index contributed by atoms with van der Waals surface area (Å²) in [5.74, 6) is 0.690. The minimum atomic E-state index is -3.00. The van der Waals surface area contributed by atoms with Crippen LogP contribution in [-0.2, 0) is 16.4 Å². The van der Waals surface area contributed by atoms with Crippen molar-refractivity contribution in [3.05, 3.63) is 28.2 Å². The average molecular weight is 323 g/mol.